The van der Waals surface area contributed by atoms with Gasteiger partial charge < -0.3 is 10.7 Å². The Balaban J connectivity index is 0.00000106. The van der Waals surface area contributed by atoms with E-state index in [1.807, 2.05) is 51.1 Å². The van der Waals surface area contributed by atoms with Crippen LogP contribution in [0, 0.1) is 0 Å². The molecule has 90 valence electrons. The molecule has 0 unspecified atom stereocenters. The maximum Gasteiger partial charge on any atom is 0.0586 e. The Labute approximate surface area is 98.7 Å². The molecule has 1 aromatic carbocycles. The van der Waals surface area contributed by atoms with Crippen molar-refractivity contribution in [3.05, 3.63) is 47.8 Å². The average molecular weight is 221 g/mol. The zero-order chi connectivity index (χ0) is 12.4. The van der Waals surface area contributed by atoms with Crippen LogP contribution in [-0.2, 0) is 6.54 Å². The van der Waals surface area contributed by atoms with Crippen LogP contribution in [0.2, 0.25) is 0 Å². The van der Waals surface area contributed by atoms with Gasteiger partial charge in [-0.05, 0) is 12.0 Å². The number of rotatable bonds is 4. The van der Waals surface area contributed by atoms with E-state index < -0.39 is 0 Å². The summed E-state index contributed by atoms with van der Waals surface area (Å²) in [6.07, 6.45) is 2.59. The number of nitrogens with two attached hydrogens (primary N) is 2. The predicted octanol–water partition coefficient (Wildman–Crippen LogP) is 2.60. The zero-order valence-corrected chi connectivity index (χ0v) is 10.5. The van der Waals surface area contributed by atoms with Gasteiger partial charge in [0.15, 0.2) is 0 Å². The van der Waals surface area contributed by atoms with Crippen LogP contribution in [0.15, 0.2) is 42.2 Å². The number of nitrogens with zero attached hydrogens (tertiary/aromatic N) is 1. The van der Waals surface area contributed by atoms with E-state index in [2.05, 4.69) is 0 Å². The highest BCUT2D eigenvalue weighted by Gasteiger charge is 1.95. The van der Waals surface area contributed by atoms with Crippen molar-refractivity contribution in [3.8, 4) is 0 Å². The summed E-state index contributed by atoms with van der Waals surface area (Å²) in [6, 6.07) is 10.1. The Morgan fingerprint density at radius 3 is 2.31 bits per heavy atom. The SMILES string of the molecule is CC.CC/C(N)=C/N(N)Cc1ccccc1. The molecule has 3 nitrogen and oxygen atoms in total. The molecule has 0 bridgehead atoms. The number of hydrazine groups is 1. The van der Waals surface area contributed by atoms with Crippen LogP contribution >= 0.6 is 0 Å². The van der Waals surface area contributed by atoms with Crippen molar-refractivity contribution in [1.82, 2.24) is 5.01 Å². The third-order valence-electron chi connectivity index (χ3n) is 1.95. The largest absolute Gasteiger partial charge is 0.401 e. The van der Waals surface area contributed by atoms with Crippen LogP contribution in [0.25, 0.3) is 0 Å². The van der Waals surface area contributed by atoms with Gasteiger partial charge in [0, 0.05) is 11.9 Å². The highest BCUT2D eigenvalue weighted by molar-refractivity contribution is 5.14. The van der Waals surface area contributed by atoms with Crippen LogP contribution in [0.1, 0.15) is 32.8 Å². The molecule has 0 atom stereocenters. The van der Waals surface area contributed by atoms with E-state index in [0.29, 0.717) is 6.54 Å². The van der Waals surface area contributed by atoms with Gasteiger partial charge in [-0.25, -0.2) is 5.84 Å². The zero-order valence-electron chi connectivity index (χ0n) is 10.5. The molecular weight excluding hydrogens is 198 g/mol. The van der Waals surface area contributed by atoms with Crippen molar-refractivity contribution in [2.45, 2.75) is 33.7 Å². The van der Waals surface area contributed by atoms with Gasteiger partial charge in [-0.3, -0.25) is 0 Å². The fraction of sp³-hybridized carbons (Fsp3) is 0.385. The van der Waals surface area contributed by atoms with E-state index in [4.69, 9.17) is 11.6 Å². The minimum Gasteiger partial charge on any atom is -0.401 e. The molecule has 0 aromatic heterocycles. The van der Waals surface area contributed by atoms with E-state index >= 15 is 0 Å². The molecule has 4 N–H and O–H groups in total. The first-order valence-corrected chi connectivity index (χ1v) is 5.73. The van der Waals surface area contributed by atoms with Gasteiger partial charge >= 0.3 is 0 Å². The highest BCUT2D eigenvalue weighted by Crippen LogP contribution is 2.02. The first-order valence-electron chi connectivity index (χ1n) is 5.73. The lowest BCUT2D eigenvalue weighted by Gasteiger charge is -2.14. The fourth-order valence-electron chi connectivity index (χ4n) is 1.14. The number of hydrogen-bond acceptors (Lipinski definition) is 3. The van der Waals surface area contributed by atoms with Gasteiger partial charge in [0.1, 0.15) is 0 Å². The second-order valence-corrected chi connectivity index (χ2v) is 3.22. The molecule has 0 amide bonds. The Hall–Kier alpha value is -1.48. The Kier molecular flexibility index (Phi) is 7.98. The molecule has 0 saturated heterocycles. The Bertz CT molecular complexity index is 293. The molecule has 0 saturated carbocycles. The van der Waals surface area contributed by atoms with Crippen molar-refractivity contribution in [1.29, 1.82) is 0 Å². The molecular formula is C13H23N3. The van der Waals surface area contributed by atoms with Gasteiger partial charge in [-0.1, -0.05) is 51.1 Å². The second kappa shape index (κ2) is 8.80. The van der Waals surface area contributed by atoms with Crippen LogP contribution in [0.4, 0.5) is 0 Å². The smallest absolute Gasteiger partial charge is 0.0586 e. The minimum atomic E-state index is 0.682. The number of allylic oxidation sites excluding steroid dienone is 1. The van der Waals surface area contributed by atoms with E-state index in [1.165, 1.54) is 5.56 Å². The third-order valence-corrected chi connectivity index (χ3v) is 1.95. The lowest BCUT2D eigenvalue weighted by atomic mass is 10.2. The maximum absolute atomic E-state index is 5.76. The minimum absolute atomic E-state index is 0.682. The first kappa shape index (κ1) is 14.5. The quantitative estimate of drug-likeness (QED) is 0.607. The van der Waals surface area contributed by atoms with Gasteiger partial charge in [0.25, 0.3) is 0 Å². The first-order chi connectivity index (χ1) is 7.72. The second-order valence-electron chi connectivity index (χ2n) is 3.22. The molecule has 0 heterocycles. The summed E-state index contributed by atoms with van der Waals surface area (Å²) in [5.74, 6) is 5.76. The summed E-state index contributed by atoms with van der Waals surface area (Å²) < 4.78 is 0. The van der Waals surface area contributed by atoms with Crippen molar-refractivity contribution >= 4 is 0 Å². The van der Waals surface area contributed by atoms with Crippen LogP contribution < -0.4 is 11.6 Å². The Morgan fingerprint density at radius 2 is 1.81 bits per heavy atom. The molecule has 0 aliphatic carbocycles. The van der Waals surface area contributed by atoms with Crippen molar-refractivity contribution in [2.75, 3.05) is 0 Å². The summed E-state index contributed by atoms with van der Waals surface area (Å²) in [7, 11) is 0. The van der Waals surface area contributed by atoms with Crippen LogP contribution in [-0.4, -0.2) is 5.01 Å². The molecule has 0 fully saturated rings. The number of hydrogen-bond donors (Lipinski definition) is 2. The van der Waals surface area contributed by atoms with E-state index in [-0.39, 0.29) is 0 Å². The summed E-state index contributed by atoms with van der Waals surface area (Å²) in [6.45, 7) is 6.68. The summed E-state index contributed by atoms with van der Waals surface area (Å²) >= 11 is 0. The molecule has 1 aromatic rings. The molecule has 3 heteroatoms. The normalized spacial score (nSPS) is 10.4. The number of benzene rings is 1. The van der Waals surface area contributed by atoms with E-state index in [1.54, 1.807) is 11.2 Å². The van der Waals surface area contributed by atoms with E-state index in [0.717, 1.165) is 12.1 Å². The lowest BCUT2D eigenvalue weighted by molar-refractivity contribution is 0.382. The summed E-state index contributed by atoms with van der Waals surface area (Å²) in [5, 5.41) is 1.61. The van der Waals surface area contributed by atoms with Crippen molar-refractivity contribution in [3.63, 3.8) is 0 Å². The molecule has 0 aliphatic rings. The van der Waals surface area contributed by atoms with Crippen molar-refractivity contribution in [2.24, 2.45) is 11.6 Å². The molecule has 0 spiro atoms. The van der Waals surface area contributed by atoms with Gasteiger partial charge in [0.2, 0.25) is 0 Å². The molecule has 16 heavy (non-hydrogen) atoms. The lowest BCUT2D eigenvalue weighted by Crippen LogP contribution is -2.25. The third kappa shape index (κ3) is 6.09. The molecule has 0 aliphatic heterocycles. The monoisotopic (exact) mass is 221 g/mol. The van der Waals surface area contributed by atoms with Gasteiger partial charge in [0.05, 0.1) is 6.54 Å². The van der Waals surface area contributed by atoms with Gasteiger partial charge in [-0.2, -0.15) is 0 Å². The summed E-state index contributed by atoms with van der Waals surface area (Å²) in [4.78, 5) is 0. The van der Waals surface area contributed by atoms with E-state index in [9.17, 15) is 0 Å². The summed E-state index contributed by atoms with van der Waals surface area (Å²) in [5.41, 5.74) is 7.64. The average Bonchev–Trinajstić information content (AvgIpc) is 2.32. The van der Waals surface area contributed by atoms with Crippen LogP contribution in [0.5, 0.6) is 0 Å². The maximum atomic E-state index is 5.76. The fourth-order valence-corrected chi connectivity index (χ4v) is 1.14. The topological polar surface area (TPSA) is 55.3 Å². The van der Waals surface area contributed by atoms with Crippen LogP contribution in [0.3, 0.4) is 0 Å². The Morgan fingerprint density at radius 1 is 1.25 bits per heavy atom. The van der Waals surface area contributed by atoms with Crippen molar-refractivity contribution < 1.29 is 0 Å². The highest BCUT2D eigenvalue weighted by atomic mass is 15.4. The molecule has 1 rings (SSSR count). The van der Waals surface area contributed by atoms with Gasteiger partial charge in [-0.15, -0.1) is 0 Å². The molecule has 0 radical (unpaired) electrons. The predicted molar refractivity (Wildman–Crippen MR) is 70.1 cm³/mol. The standard InChI is InChI=1S/C11H17N3.C2H6/c1-2-11(12)9-14(13)8-10-6-4-3-5-7-10;1-2/h3-7,9H,2,8,12-13H2,1H3;1-2H3/b11-9-;.